The summed E-state index contributed by atoms with van der Waals surface area (Å²) in [6.07, 6.45) is 3.39. The Balaban J connectivity index is 2.20. The summed E-state index contributed by atoms with van der Waals surface area (Å²) in [7, 11) is 1.58. The van der Waals surface area contributed by atoms with Gasteiger partial charge in [-0.1, -0.05) is 6.07 Å². The van der Waals surface area contributed by atoms with Gasteiger partial charge in [0.25, 0.3) is 0 Å². The normalized spacial score (nSPS) is 10.8. The fraction of sp³-hybridized carbons (Fsp3) is 0.176. The van der Waals surface area contributed by atoms with Gasteiger partial charge in [0.2, 0.25) is 0 Å². The number of rotatable bonds is 4. The molecule has 3 rings (SSSR count). The van der Waals surface area contributed by atoms with Crippen LogP contribution in [-0.4, -0.2) is 27.7 Å². The molecule has 1 aromatic carbocycles. The molecule has 0 amide bonds. The molecule has 0 saturated carbocycles. The van der Waals surface area contributed by atoms with E-state index in [9.17, 15) is 9.90 Å². The fourth-order valence-corrected chi connectivity index (χ4v) is 2.70. The van der Waals surface area contributed by atoms with Crippen LogP contribution in [-0.2, 0) is 6.54 Å². The number of aryl methyl sites for hydroxylation is 1. The van der Waals surface area contributed by atoms with E-state index in [0.717, 1.165) is 16.8 Å². The lowest BCUT2D eigenvalue weighted by atomic mass is 10.1. The number of benzene rings is 1. The van der Waals surface area contributed by atoms with Gasteiger partial charge in [0.15, 0.2) is 0 Å². The molecule has 5 nitrogen and oxygen atoms in total. The van der Waals surface area contributed by atoms with Crippen LogP contribution in [0.2, 0.25) is 0 Å². The number of carboxylic acids is 1. The van der Waals surface area contributed by atoms with E-state index in [0.29, 0.717) is 17.7 Å². The van der Waals surface area contributed by atoms with Crippen LogP contribution in [0.5, 0.6) is 5.75 Å². The van der Waals surface area contributed by atoms with E-state index in [1.165, 1.54) is 0 Å². The Bertz CT molecular complexity index is 838. The first kappa shape index (κ1) is 14.1. The number of fused-ring (bicyclic) bond motifs is 1. The second kappa shape index (κ2) is 5.52. The Morgan fingerprint density at radius 3 is 2.82 bits per heavy atom. The van der Waals surface area contributed by atoms with Crippen molar-refractivity contribution in [1.82, 2.24) is 9.55 Å². The molecule has 5 heteroatoms. The van der Waals surface area contributed by atoms with Crippen LogP contribution in [0.3, 0.4) is 0 Å². The van der Waals surface area contributed by atoms with E-state index >= 15 is 0 Å². The Morgan fingerprint density at radius 2 is 2.18 bits per heavy atom. The molecular weight excluding hydrogens is 280 g/mol. The number of carbonyl (C=O) groups is 1. The Kier molecular flexibility index (Phi) is 3.55. The molecule has 0 atom stereocenters. The first-order valence-electron chi connectivity index (χ1n) is 6.91. The van der Waals surface area contributed by atoms with E-state index < -0.39 is 5.97 Å². The number of hydrogen-bond acceptors (Lipinski definition) is 3. The summed E-state index contributed by atoms with van der Waals surface area (Å²) < 4.78 is 7.18. The van der Waals surface area contributed by atoms with Gasteiger partial charge >= 0.3 is 5.97 Å². The minimum absolute atomic E-state index is 0.271. The fourth-order valence-electron chi connectivity index (χ4n) is 2.70. The van der Waals surface area contributed by atoms with Gasteiger partial charge in [0.05, 0.1) is 30.4 Å². The molecule has 2 aromatic heterocycles. The van der Waals surface area contributed by atoms with Crippen molar-refractivity contribution in [2.24, 2.45) is 0 Å². The van der Waals surface area contributed by atoms with Crippen LogP contribution >= 0.6 is 0 Å². The number of aromatic carboxylic acids is 1. The predicted octanol–water partition coefficient (Wildman–Crippen LogP) is 3.10. The van der Waals surface area contributed by atoms with Crippen LogP contribution in [0.15, 0.2) is 42.7 Å². The van der Waals surface area contributed by atoms with E-state index in [1.54, 1.807) is 25.6 Å². The van der Waals surface area contributed by atoms with E-state index in [-0.39, 0.29) is 5.56 Å². The zero-order valence-electron chi connectivity index (χ0n) is 12.4. The molecule has 0 spiro atoms. The minimum Gasteiger partial charge on any atom is -0.497 e. The molecule has 0 aliphatic rings. The summed E-state index contributed by atoms with van der Waals surface area (Å²) in [5.41, 5.74) is 3.01. The maximum atomic E-state index is 11.5. The van der Waals surface area contributed by atoms with E-state index in [4.69, 9.17) is 4.74 Å². The van der Waals surface area contributed by atoms with Gasteiger partial charge in [-0.25, -0.2) is 4.79 Å². The maximum Gasteiger partial charge on any atom is 0.337 e. The summed E-state index contributed by atoms with van der Waals surface area (Å²) in [6.45, 7) is 2.48. The Morgan fingerprint density at radius 1 is 1.36 bits per heavy atom. The number of aromatic nitrogens is 2. The number of carboxylic acid groups (broad SMARTS) is 1. The number of pyridine rings is 1. The standard InChI is InChI=1S/C17H16N2O3/c1-11-7-13(22-2)8-14-15(17(20)21)10-19(16(11)14)9-12-5-3-4-6-18-12/h3-8,10H,9H2,1-2H3,(H,20,21). The predicted molar refractivity (Wildman–Crippen MR) is 83.5 cm³/mol. The summed E-state index contributed by atoms with van der Waals surface area (Å²) in [5, 5.41) is 10.1. The second-order valence-electron chi connectivity index (χ2n) is 5.14. The highest BCUT2D eigenvalue weighted by Crippen LogP contribution is 2.30. The van der Waals surface area contributed by atoms with Crippen molar-refractivity contribution in [1.29, 1.82) is 0 Å². The van der Waals surface area contributed by atoms with Crippen molar-refractivity contribution in [3.63, 3.8) is 0 Å². The van der Waals surface area contributed by atoms with Gasteiger partial charge in [0, 0.05) is 17.8 Å². The minimum atomic E-state index is -0.947. The average Bonchev–Trinajstić information content (AvgIpc) is 2.87. The quantitative estimate of drug-likeness (QED) is 0.803. The molecule has 0 radical (unpaired) electrons. The molecule has 0 aliphatic heterocycles. The lowest BCUT2D eigenvalue weighted by molar-refractivity contribution is 0.0699. The molecular formula is C17H16N2O3. The van der Waals surface area contributed by atoms with Crippen LogP contribution < -0.4 is 4.74 Å². The second-order valence-corrected chi connectivity index (χ2v) is 5.14. The Hall–Kier alpha value is -2.82. The zero-order chi connectivity index (χ0) is 15.7. The molecule has 1 N–H and O–H groups in total. The number of nitrogens with zero attached hydrogens (tertiary/aromatic N) is 2. The first-order chi connectivity index (χ1) is 10.6. The molecule has 0 unspecified atom stereocenters. The monoisotopic (exact) mass is 296 g/mol. The average molecular weight is 296 g/mol. The molecule has 0 aliphatic carbocycles. The summed E-state index contributed by atoms with van der Waals surface area (Å²) in [4.78, 5) is 15.8. The molecule has 2 heterocycles. The summed E-state index contributed by atoms with van der Waals surface area (Å²) in [5.74, 6) is -0.291. The molecule has 0 saturated heterocycles. The number of methoxy groups -OCH3 is 1. The van der Waals surface area contributed by atoms with Crippen LogP contribution in [0.1, 0.15) is 21.6 Å². The number of ether oxygens (including phenoxy) is 1. The van der Waals surface area contributed by atoms with Crippen molar-refractivity contribution in [2.45, 2.75) is 13.5 Å². The van der Waals surface area contributed by atoms with Crippen LogP contribution in [0, 0.1) is 6.92 Å². The van der Waals surface area contributed by atoms with E-state index in [1.807, 2.05) is 35.8 Å². The van der Waals surface area contributed by atoms with Crippen molar-refractivity contribution in [3.8, 4) is 5.75 Å². The third-order valence-corrected chi connectivity index (χ3v) is 3.66. The van der Waals surface area contributed by atoms with Gasteiger partial charge in [-0.15, -0.1) is 0 Å². The molecule has 22 heavy (non-hydrogen) atoms. The third kappa shape index (κ3) is 2.41. The highest BCUT2D eigenvalue weighted by atomic mass is 16.5. The molecule has 3 aromatic rings. The zero-order valence-corrected chi connectivity index (χ0v) is 12.4. The van der Waals surface area contributed by atoms with Crippen molar-refractivity contribution < 1.29 is 14.6 Å². The van der Waals surface area contributed by atoms with Crippen LogP contribution in [0.25, 0.3) is 10.9 Å². The molecule has 112 valence electrons. The largest absolute Gasteiger partial charge is 0.497 e. The highest BCUT2D eigenvalue weighted by Gasteiger charge is 2.17. The maximum absolute atomic E-state index is 11.5. The van der Waals surface area contributed by atoms with Crippen molar-refractivity contribution in [3.05, 3.63) is 59.5 Å². The van der Waals surface area contributed by atoms with Crippen molar-refractivity contribution >= 4 is 16.9 Å². The summed E-state index contributed by atoms with van der Waals surface area (Å²) >= 11 is 0. The molecule has 0 fully saturated rings. The van der Waals surface area contributed by atoms with Gasteiger partial charge in [0.1, 0.15) is 5.75 Å². The lowest BCUT2D eigenvalue weighted by Gasteiger charge is -2.08. The van der Waals surface area contributed by atoms with Gasteiger partial charge in [-0.2, -0.15) is 0 Å². The van der Waals surface area contributed by atoms with Crippen molar-refractivity contribution in [2.75, 3.05) is 7.11 Å². The van der Waals surface area contributed by atoms with Gasteiger partial charge < -0.3 is 14.4 Å². The topological polar surface area (TPSA) is 64.3 Å². The summed E-state index contributed by atoms with van der Waals surface area (Å²) in [6, 6.07) is 9.37. The SMILES string of the molecule is COc1cc(C)c2c(c1)c(C(=O)O)cn2Cc1ccccn1. The molecule has 0 bridgehead atoms. The Labute approximate surface area is 127 Å². The van der Waals surface area contributed by atoms with Crippen LogP contribution in [0.4, 0.5) is 0 Å². The smallest absolute Gasteiger partial charge is 0.337 e. The van der Waals surface area contributed by atoms with E-state index in [2.05, 4.69) is 4.98 Å². The number of hydrogen-bond donors (Lipinski definition) is 1. The first-order valence-corrected chi connectivity index (χ1v) is 6.91. The third-order valence-electron chi connectivity index (χ3n) is 3.66. The highest BCUT2D eigenvalue weighted by molar-refractivity contribution is 6.04. The van der Waals surface area contributed by atoms with Gasteiger partial charge in [-0.05, 0) is 36.8 Å². The van der Waals surface area contributed by atoms with Gasteiger partial charge in [-0.3, -0.25) is 4.98 Å². The lowest BCUT2D eigenvalue weighted by Crippen LogP contribution is -2.01.